The number of piperidine rings is 3. The highest BCUT2D eigenvalue weighted by Crippen LogP contribution is 2.43. The molecule has 3 saturated heterocycles. The van der Waals surface area contributed by atoms with Gasteiger partial charge in [-0.1, -0.05) is 60.7 Å². The number of fused-ring (bicyclic) bond motifs is 3. The first kappa shape index (κ1) is 20.0. The summed E-state index contributed by atoms with van der Waals surface area (Å²) in [5.41, 5.74) is 3.90. The van der Waals surface area contributed by atoms with Crippen molar-refractivity contribution in [2.75, 3.05) is 20.2 Å². The number of methoxy groups -OCH3 is 1. The third kappa shape index (κ3) is 4.15. The zero-order chi connectivity index (χ0) is 21.0. The number of nitrogens with zero attached hydrogens (tertiary/aromatic N) is 2. The monoisotopic (exact) mass is 410 g/mol. The van der Waals surface area contributed by atoms with Crippen LogP contribution in [0.1, 0.15) is 35.4 Å². The van der Waals surface area contributed by atoms with Crippen LogP contribution in [0.3, 0.4) is 0 Å². The van der Waals surface area contributed by atoms with Gasteiger partial charge in [0.25, 0.3) is 0 Å². The Hall–Kier alpha value is -2.91. The van der Waals surface area contributed by atoms with Gasteiger partial charge in [-0.05, 0) is 72.8 Å². The Morgan fingerprint density at radius 1 is 0.839 bits per heavy atom. The molecule has 3 aromatic carbocycles. The SMILES string of the molecule is COc1ccc(/C=N/[C@@H]2C3CCN(CC3)[C@H]2C(c2ccccc2)c2ccccc2)cc1. The Morgan fingerprint density at radius 2 is 1.42 bits per heavy atom. The molecule has 3 aliphatic rings. The van der Waals surface area contributed by atoms with Gasteiger partial charge in [-0.3, -0.25) is 9.89 Å². The fraction of sp³-hybridized carbons (Fsp3) is 0.321. The van der Waals surface area contributed by atoms with E-state index in [4.69, 9.17) is 9.73 Å². The highest BCUT2D eigenvalue weighted by molar-refractivity contribution is 5.80. The average molecular weight is 411 g/mol. The summed E-state index contributed by atoms with van der Waals surface area (Å²) in [6.45, 7) is 2.36. The lowest BCUT2D eigenvalue weighted by atomic mass is 9.71. The number of benzene rings is 3. The van der Waals surface area contributed by atoms with Crippen molar-refractivity contribution >= 4 is 6.21 Å². The van der Waals surface area contributed by atoms with Crippen molar-refractivity contribution in [2.45, 2.75) is 30.8 Å². The van der Waals surface area contributed by atoms with E-state index in [1.54, 1.807) is 7.11 Å². The molecule has 0 radical (unpaired) electrons. The maximum atomic E-state index is 5.30. The number of hydrogen-bond donors (Lipinski definition) is 0. The van der Waals surface area contributed by atoms with Crippen LogP contribution >= 0.6 is 0 Å². The Morgan fingerprint density at radius 3 is 1.97 bits per heavy atom. The van der Waals surface area contributed by atoms with E-state index >= 15 is 0 Å². The van der Waals surface area contributed by atoms with Crippen LogP contribution in [0.25, 0.3) is 0 Å². The third-order valence-electron chi connectivity index (χ3n) is 7.00. The van der Waals surface area contributed by atoms with E-state index in [0.29, 0.717) is 23.9 Å². The lowest BCUT2D eigenvalue weighted by Gasteiger charge is -2.52. The van der Waals surface area contributed by atoms with Gasteiger partial charge in [0, 0.05) is 18.2 Å². The third-order valence-corrected chi connectivity index (χ3v) is 7.00. The highest BCUT2D eigenvalue weighted by atomic mass is 16.5. The van der Waals surface area contributed by atoms with Gasteiger partial charge in [-0.2, -0.15) is 0 Å². The quantitative estimate of drug-likeness (QED) is 0.508. The van der Waals surface area contributed by atoms with Crippen molar-refractivity contribution < 1.29 is 4.74 Å². The summed E-state index contributed by atoms with van der Waals surface area (Å²) in [5, 5.41) is 0. The van der Waals surface area contributed by atoms with Crippen molar-refractivity contribution in [1.29, 1.82) is 0 Å². The molecule has 3 heteroatoms. The van der Waals surface area contributed by atoms with Crippen molar-refractivity contribution in [3.8, 4) is 5.75 Å². The topological polar surface area (TPSA) is 24.8 Å². The second-order valence-electron chi connectivity index (χ2n) is 8.70. The zero-order valence-electron chi connectivity index (χ0n) is 18.1. The van der Waals surface area contributed by atoms with E-state index in [-0.39, 0.29) is 0 Å². The molecule has 3 fully saturated rings. The van der Waals surface area contributed by atoms with E-state index in [9.17, 15) is 0 Å². The summed E-state index contributed by atoms with van der Waals surface area (Å²) < 4.78 is 5.30. The van der Waals surface area contributed by atoms with Gasteiger partial charge in [0.2, 0.25) is 0 Å². The van der Waals surface area contributed by atoms with Gasteiger partial charge in [0.05, 0.1) is 13.2 Å². The summed E-state index contributed by atoms with van der Waals surface area (Å²) >= 11 is 0. The van der Waals surface area contributed by atoms with E-state index in [0.717, 1.165) is 11.3 Å². The van der Waals surface area contributed by atoms with E-state index < -0.39 is 0 Å². The standard InChI is InChI=1S/C28H30N2O/c1-31-25-14-12-21(13-15-25)20-29-27-24-16-18-30(19-17-24)28(27)26(22-8-4-2-5-9-22)23-10-6-3-7-11-23/h2-15,20,24,26-28H,16-19H2,1H3/b29-20+/t27-,28+/m1/s1. The van der Waals surface area contributed by atoms with E-state index in [1.165, 1.54) is 37.1 Å². The van der Waals surface area contributed by atoms with E-state index in [1.807, 2.05) is 12.1 Å². The largest absolute Gasteiger partial charge is 0.497 e. The molecule has 0 spiro atoms. The highest BCUT2D eigenvalue weighted by Gasteiger charge is 2.46. The van der Waals surface area contributed by atoms with Gasteiger partial charge >= 0.3 is 0 Å². The lowest BCUT2D eigenvalue weighted by molar-refractivity contribution is 0.0215. The molecule has 0 aromatic heterocycles. The first-order valence-corrected chi connectivity index (χ1v) is 11.3. The molecule has 0 N–H and O–H groups in total. The molecule has 3 heterocycles. The molecule has 2 bridgehead atoms. The number of rotatable bonds is 6. The van der Waals surface area contributed by atoms with E-state index in [2.05, 4.69) is 83.9 Å². The first-order chi connectivity index (χ1) is 15.3. The van der Waals surface area contributed by atoms with Crippen molar-refractivity contribution in [3.63, 3.8) is 0 Å². The molecule has 158 valence electrons. The Balaban J connectivity index is 1.52. The molecule has 3 aromatic rings. The molecule has 3 aliphatic heterocycles. The van der Waals surface area contributed by atoms with Crippen LogP contribution in [0.15, 0.2) is 89.9 Å². The summed E-state index contributed by atoms with van der Waals surface area (Å²) in [5.74, 6) is 1.86. The molecular weight excluding hydrogens is 380 g/mol. The number of hydrogen-bond acceptors (Lipinski definition) is 3. The van der Waals surface area contributed by atoms with Gasteiger partial charge in [0.15, 0.2) is 0 Å². The predicted octanol–water partition coefficient (Wildman–Crippen LogP) is 5.41. The van der Waals surface area contributed by atoms with Crippen LogP contribution in [0.2, 0.25) is 0 Å². The zero-order valence-corrected chi connectivity index (χ0v) is 18.1. The summed E-state index contributed by atoms with van der Waals surface area (Å²) in [6.07, 6.45) is 4.57. The molecule has 0 saturated carbocycles. The van der Waals surface area contributed by atoms with Gasteiger partial charge in [-0.15, -0.1) is 0 Å². The first-order valence-electron chi connectivity index (χ1n) is 11.3. The van der Waals surface area contributed by atoms with Crippen molar-refractivity contribution in [1.82, 2.24) is 4.90 Å². The molecule has 0 unspecified atom stereocenters. The second-order valence-corrected chi connectivity index (χ2v) is 8.70. The second kappa shape index (κ2) is 9.07. The minimum atomic E-state index is 0.301. The van der Waals surface area contributed by atoms with Crippen LogP contribution in [-0.2, 0) is 0 Å². The summed E-state index contributed by atoms with van der Waals surface area (Å²) in [6, 6.07) is 30.9. The summed E-state index contributed by atoms with van der Waals surface area (Å²) in [7, 11) is 1.70. The summed E-state index contributed by atoms with van der Waals surface area (Å²) in [4.78, 5) is 7.93. The van der Waals surface area contributed by atoms with Crippen LogP contribution in [0.4, 0.5) is 0 Å². The maximum Gasteiger partial charge on any atom is 0.118 e. The predicted molar refractivity (Wildman–Crippen MR) is 127 cm³/mol. The van der Waals surface area contributed by atoms with Crippen LogP contribution in [-0.4, -0.2) is 43.4 Å². The molecule has 6 rings (SSSR count). The fourth-order valence-corrected chi connectivity index (χ4v) is 5.44. The molecular formula is C28H30N2O. The minimum Gasteiger partial charge on any atom is -0.497 e. The Bertz CT molecular complexity index is 953. The fourth-order valence-electron chi connectivity index (χ4n) is 5.44. The molecule has 0 aliphatic carbocycles. The maximum absolute atomic E-state index is 5.30. The van der Waals surface area contributed by atoms with Crippen LogP contribution < -0.4 is 4.74 Å². The van der Waals surface area contributed by atoms with Gasteiger partial charge < -0.3 is 4.74 Å². The van der Waals surface area contributed by atoms with Gasteiger partial charge in [-0.25, -0.2) is 0 Å². The Labute approximate surface area is 185 Å². The normalized spacial score (nSPS) is 25.2. The molecule has 31 heavy (non-hydrogen) atoms. The Kier molecular flexibility index (Phi) is 5.86. The smallest absolute Gasteiger partial charge is 0.118 e. The molecule has 3 nitrogen and oxygen atoms in total. The lowest BCUT2D eigenvalue weighted by Crippen LogP contribution is -2.59. The van der Waals surface area contributed by atoms with Crippen molar-refractivity contribution in [3.05, 3.63) is 102 Å². The van der Waals surface area contributed by atoms with Crippen LogP contribution in [0, 0.1) is 5.92 Å². The molecule has 0 amide bonds. The molecule has 2 atom stereocenters. The van der Waals surface area contributed by atoms with Gasteiger partial charge in [0.1, 0.15) is 5.75 Å². The van der Waals surface area contributed by atoms with Crippen molar-refractivity contribution in [2.24, 2.45) is 10.9 Å². The van der Waals surface area contributed by atoms with Crippen LogP contribution in [0.5, 0.6) is 5.75 Å². The number of ether oxygens (including phenoxy) is 1. The minimum absolute atomic E-state index is 0.301. The number of aliphatic imine (C=N–C) groups is 1. The average Bonchev–Trinajstić information content (AvgIpc) is 2.86.